The summed E-state index contributed by atoms with van der Waals surface area (Å²) >= 11 is 0. The molecule has 0 atom stereocenters. The monoisotopic (exact) mass is 408 g/mol. The van der Waals surface area contributed by atoms with E-state index in [2.05, 4.69) is 10.3 Å². The van der Waals surface area contributed by atoms with Gasteiger partial charge >= 0.3 is 0 Å². The summed E-state index contributed by atoms with van der Waals surface area (Å²) in [6.07, 6.45) is 1.42. The highest BCUT2D eigenvalue weighted by Crippen LogP contribution is 2.30. The van der Waals surface area contributed by atoms with Crippen molar-refractivity contribution < 1.29 is 13.2 Å². The van der Waals surface area contributed by atoms with Crippen LogP contribution in [-0.2, 0) is 14.8 Å². The average molecular weight is 408 g/mol. The number of imidazole rings is 1. The lowest BCUT2D eigenvalue weighted by Crippen LogP contribution is -2.25. The third-order valence-electron chi connectivity index (χ3n) is 4.36. The fraction of sp³-hybridized carbons (Fsp3) is 0.190. The van der Waals surface area contributed by atoms with Gasteiger partial charge in [-0.1, -0.05) is 36.4 Å². The summed E-state index contributed by atoms with van der Waals surface area (Å²) in [6, 6.07) is 16.5. The van der Waals surface area contributed by atoms with Gasteiger partial charge in [0, 0.05) is 13.0 Å². The smallest absolute Gasteiger partial charge is 0.244 e. The van der Waals surface area contributed by atoms with Crippen molar-refractivity contribution in [1.29, 1.82) is 5.26 Å². The van der Waals surface area contributed by atoms with Crippen molar-refractivity contribution in [3.8, 4) is 6.07 Å². The molecule has 8 heteroatoms. The van der Waals surface area contributed by atoms with Gasteiger partial charge < -0.3 is 0 Å². The fourth-order valence-corrected chi connectivity index (χ4v) is 4.11. The highest BCUT2D eigenvalue weighted by atomic mass is 32.2. The van der Waals surface area contributed by atoms with Crippen LogP contribution >= 0.6 is 0 Å². The second-order valence-corrected chi connectivity index (χ2v) is 9.07. The zero-order valence-electron chi connectivity index (χ0n) is 16.2. The number of allylic oxidation sites excluding steroid dienone is 1. The molecule has 1 amide bonds. The van der Waals surface area contributed by atoms with Gasteiger partial charge in [-0.3, -0.25) is 10.1 Å². The molecule has 0 aliphatic carbocycles. The van der Waals surface area contributed by atoms with Crippen molar-refractivity contribution in [2.75, 3.05) is 5.32 Å². The minimum atomic E-state index is -3.80. The van der Waals surface area contributed by atoms with E-state index >= 15 is 0 Å². The lowest BCUT2D eigenvalue weighted by Gasteiger charge is -2.13. The molecule has 0 unspecified atom stereocenters. The molecule has 0 spiro atoms. The molecule has 29 heavy (non-hydrogen) atoms. The Morgan fingerprint density at radius 3 is 2.45 bits per heavy atom. The van der Waals surface area contributed by atoms with Crippen molar-refractivity contribution in [1.82, 2.24) is 8.96 Å². The third-order valence-corrected chi connectivity index (χ3v) is 6.43. The number of hydrogen-bond donors (Lipinski definition) is 1. The standard InChI is InChI=1S/C21H20N4O3S/c1-14(2)29(27,28)25-20-13-17(9-10-19(20)24-21(25)23-15(3)26)18(11-12-22)16-7-5-4-6-8-16/h4-11,13-14H,1-3H3,(H,23,24,26)/b18-11+. The molecule has 0 saturated heterocycles. The maximum atomic E-state index is 13.0. The summed E-state index contributed by atoms with van der Waals surface area (Å²) in [6.45, 7) is 4.42. The van der Waals surface area contributed by atoms with Crippen molar-refractivity contribution in [3.05, 3.63) is 65.7 Å². The molecular formula is C21H20N4O3S. The van der Waals surface area contributed by atoms with E-state index in [9.17, 15) is 18.5 Å². The second kappa shape index (κ2) is 7.89. The number of hydrogen-bond acceptors (Lipinski definition) is 5. The molecule has 1 heterocycles. The highest BCUT2D eigenvalue weighted by Gasteiger charge is 2.26. The number of fused-ring (bicyclic) bond motifs is 1. The number of rotatable bonds is 5. The van der Waals surface area contributed by atoms with Crippen LogP contribution in [0.1, 0.15) is 31.9 Å². The van der Waals surface area contributed by atoms with Gasteiger partial charge in [0.2, 0.25) is 21.9 Å². The Labute approximate surface area is 169 Å². The van der Waals surface area contributed by atoms with Crippen LogP contribution in [0, 0.1) is 11.3 Å². The van der Waals surface area contributed by atoms with Gasteiger partial charge in [-0.05, 0) is 42.7 Å². The number of anilines is 1. The quantitative estimate of drug-likeness (QED) is 0.650. The van der Waals surface area contributed by atoms with Gasteiger partial charge in [-0.25, -0.2) is 17.4 Å². The van der Waals surface area contributed by atoms with E-state index in [4.69, 9.17) is 0 Å². The van der Waals surface area contributed by atoms with E-state index in [1.165, 1.54) is 13.0 Å². The molecule has 0 saturated carbocycles. The lowest BCUT2D eigenvalue weighted by molar-refractivity contribution is -0.114. The van der Waals surface area contributed by atoms with Gasteiger partial charge in [0.25, 0.3) is 0 Å². The van der Waals surface area contributed by atoms with Gasteiger partial charge in [-0.2, -0.15) is 5.26 Å². The molecule has 7 nitrogen and oxygen atoms in total. The Bertz CT molecular complexity index is 1250. The van der Waals surface area contributed by atoms with Gasteiger partial charge in [0.05, 0.1) is 22.4 Å². The molecule has 2 aromatic carbocycles. The Hall–Kier alpha value is -3.44. The first kappa shape index (κ1) is 20.3. The Morgan fingerprint density at radius 2 is 1.86 bits per heavy atom. The molecule has 0 radical (unpaired) electrons. The molecule has 148 valence electrons. The first-order valence-electron chi connectivity index (χ1n) is 8.95. The fourth-order valence-electron chi connectivity index (χ4n) is 2.94. The molecular weight excluding hydrogens is 388 g/mol. The third kappa shape index (κ3) is 3.91. The summed E-state index contributed by atoms with van der Waals surface area (Å²) in [5.41, 5.74) is 2.91. The number of amides is 1. The van der Waals surface area contributed by atoms with Crippen LogP contribution in [0.5, 0.6) is 0 Å². The molecule has 0 fully saturated rings. The van der Waals surface area contributed by atoms with E-state index < -0.39 is 21.2 Å². The zero-order valence-corrected chi connectivity index (χ0v) is 17.1. The molecule has 0 bridgehead atoms. The largest absolute Gasteiger partial charge is 0.295 e. The molecule has 0 aliphatic heterocycles. The van der Waals surface area contributed by atoms with Crippen LogP contribution in [0.4, 0.5) is 5.95 Å². The predicted octanol–water partition coefficient (Wildman–Crippen LogP) is 3.54. The zero-order chi connectivity index (χ0) is 21.2. The molecule has 3 rings (SSSR count). The van der Waals surface area contributed by atoms with Crippen LogP contribution in [0.2, 0.25) is 0 Å². The Kier molecular flexibility index (Phi) is 5.52. The van der Waals surface area contributed by atoms with Gasteiger partial charge in [-0.15, -0.1) is 0 Å². The summed E-state index contributed by atoms with van der Waals surface area (Å²) in [5.74, 6) is -0.473. The number of nitrogens with one attached hydrogen (secondary N) is 1. The SMILES string of the molecule is CC(=O)Nc1nc2ccc(/C(=C/C#N)c3ccccc3)cc2n1S(=O)(=O)C(C)C. The van der Waals surface area contributed by atoms with E-state index in [1.54, 1.807) is 32.0 Å². The van der Waals surface area contributed by atoms with Gasteiger partial charge in [0.1, 0.15) is 0 Å². The van der Waals surface area contributed by atoms with E-state index in [0.29, 0.717) is 22.2 Å². The number of aromatic nitrogens is 2. The summed E-state index contributed by atoms with van der Waals surface area (Å²) < 4.78 is 27.0. The number of nitriles is 1. The molecule has 0 aliphatic rings. The number of benzene rings is 2. The Balaban J connectivity index is 2.30. The minimum absolute atomic E-state index is 0.0520. The Morgan fingerprint density at radius 1 is 1.17 bits per heavy atom. The molecule has 3 aromatic rings. The van der Waals surface area contributed by atoms with Crippen molar-refractivity contribution in [2.24, 2.45) is 0 Å². The first-order valence-corrected chi connectivity index (χ1v) is 10.5. The molecule has 1 N–H and O–H groups in total. The van der Waals surface area contributed by atoms with Crippen LogP contribution in [0.25, 0.3) is 16.6 Å². The van der Waals surface area contributed by atoms with Crippen molar-refractivity contribution >= 4 is 38.5 Å². The van der Waals surface area contributed by atoms with E-state index in [1.807, 2.05) is 36.4 Å². The minimum Gasteiger partial charge on any atom is -0.295 e. The van der Waals surface area contributed by atoms with Crippen molar-refractivity contribution in [2.45, 2.75) is 26.0 Å². The summed E-state index contributed by atoms with van der Waals surface area (Å²) in [5, 5.41) is 11.0. The average Bonchev–Trinajstić information content (AvgIpc) is 3.03. The topological polar surface area (TPSA) is 105 Å². The number of nitrogens with zero attached hydrogens (tertiary/aromatic N) is 3. The number of carbonyl (C=O) groups is 1. The van der Waals surface area contributed by atoms with Crippen LogP contribution in [0.3, 0.4) is 0 Å². The predicted molar refractivity (Wildman–Crippen MR) is 113 cm³/mol. The van der Waals surface area contributed by atoms with E-state index in [0.717, 1.165) is 9.54 Å². The summed E-state index contributed by atoms with van der Waals surface area (Å²) in [4.78, 5) is 15.9. The lowest BCUT2D eigenvalue weighted by atomic mass is 9.97. The first-order chi connectivity index (χ1) is 13.8. The van der Waals surface area contributed by atoms with Crippen molar-refractivity contribution in [3.63, 3.8) is 0 Å². The van der Waals surface area contributed by atoms with Crippen LogP contribution < -0.4 is 5.32 Å². The van der Waals surface area contributed by atoms with Crippen LogP contribution in [0.15, 0.2) is 54.6 Å². The molecule has 1 aromatic heterocycles. The maximum absolute atomic E-state index is 13.0. The summed E-state index contributed by atoms with van der Waals surface area (Å²) in [7, 11) is -3.80. The van der Waals surface area contributed by atoms with Crippen LogP contribution in [-0.4, -0.2) is 28.5 Å². The van der Waals surface area contributed by atoms with E-state index in [-0.39, 0.29) is 5.95 Å². The van der Waals surface area contributed by atoms with Gasteiger partial charge in [0.15, 0.2) is 0 Å². The number of carbonyl (C=O) groups excluding carboxylic acids is 1. The second-order valence-electron chi connectivity index (χ2n) is 6.73. The normalized spacial score (nSPS) is 12.2. The highest BCUT2D eigenvalue weighted by molar-refractivity contribution is 7.90. The maximum Gasteiger partial charge on any atom is 0.244 e.